The molecule has 5 nitrogen and oxygen atoms in total. The second-order valence-corrected chi connectivity index (χ2v) is 5.55. The molecule has 2 N–H and O–H groups in total. The Morgan fingerprint density at radius 1 is 1.29 bits per heavy atom. The molecule has 6 heteroatoms. The molecular formula is C18H22FN3O2. The zero-order valence-corrected chi connectivity index (χ0v) is 13.7. The van der Waals surface area contributed by atoms with Gasteiger partial charge in [0.25, 0.3) is 0 Å². The number of hydrogen-bond donors (Lipinski definition) is 2. The predicted molar refractivity (Wildman–Crippen MR) is 90.8 cm³/mol. The quantitative estimate of drug-likeness (QED) is 0.780. The fourth-order valence-electron chi connectivity index (χ4n) is 2.34. The molecule has 1 atom stereocenters. The molecular weight excluding hydrogens is 309 g/mol. The first kappa shape index (κ1) is 18.0. The van der Waals surface area contributed by atoms with E-state index in [1.54, 1.807) is 43.5 Å². The van der Waals surface area contributed by atoms with Gasteiger partial charge in [-0.2, -0.15) is 0 Å². The molecule has 2 rings (SSSR count). The van der Waals surface area contributed by atoms with Crippen molar-refractivity contribution in [3.05, 3.63) is 60.0 Å². The molecule has 0 fully saturated rings. The molecule has 0 radical (unpaired) electrons. The van der Waals surface area contributed by atoms with E-state index in [1.165, 1.54) is 12.1 Å². The highest BCUT2D eigenvalue weighted by molar-refractivity contribution is 5.93. The third kappa shape index (κ3) is 5.40. The van der Waals surface area contributed by atoms with E-state index in [0.717, 1.165) is 5.56 Å². The Hall–Kier alpha value is -2.31. The summed E-state index contributed by atoms with van der Waals surface area (Å²) in [5, 5.41) is 11.9. The summed E-state index contributed by atoms with van der Waals surface area (Å²) in [6, 6.07) is 11.1. The fraction of sp³-hybridized carbons (Fsp3) is 0.333. The molecule has 0 aliphatic heterocycles. The normalized spacial score (nSPS) is 12.2. The van der Waals surface area contributed by atoms with Crippen molar-refractivity contribution in [2.75, 3.05) is 18.5 Å². The molecule has 0 aliphatic carbocycles. The van der Waals surface area contributed by atoms with Crippen LogP contribution < -0.4 is 5.32 Å². The van der Waals surface area contributed by atoms with Gasteiger partial charge in [-0.1, -0.05) is 18.2 Å². The fourth-order valence-corrected chi connectivity index (χ4v) is 2.34. The van der Waals surface area contributed by atoms with Gasteiger partial charge in [-0.3, -0.25) is 9.69 Å². The van der Waals surface area contributed by atoms with Crippen molar-refractivity contribution in [1.29, 1.82) is 0 Å². The predicted octanol–water partition coefficient (Wildman–Crippen LogP) is 2.43. The molecule has 0 aliphatic rings. The van der Waals surface area contributed by atoms with Gasteiger partial charge in [-0.15, -0.1) is 0 Å². The van der Waals surface area contributed by atoms with E-state index in [0.29, 0.717) is 25.3 Å². The molecule has 1 aromatic heterocycles. The summed E-state index contributed by atoms with van der Waals surface area (Å²) >= 11 is 0. The number of hydrogen-bond acceptors (Lipinski definition) is 4. The van der Waals surface area contributed by atoms with Crippen LogP contribution in [0, 0.1) is 5.82 Å². The number of nitrogens with zero attached hydrogens (tertiary/aromatic N) is 2. The van der Waals surface area contributed by atoms with Gasteiger partial charge in [-0.05, 0) is 43.2 Å². The van der Waals surface area contributed by atoms with E-state index in [2.05, 4.69) is 10.3 Å². The van der Waals surface area contributed by atoms with Crippen molar-refractivity contribution in [1.82, 2.24) is 9.88 Å². The third-order valence-corrected chi connectivity index (χ3v) is 3.75. The standard InChI is InChI=1S/C18H22FN3O2/c1-14(18(24)21-17-5-2-3-10-20-17)22(11-4-12-23)13-15-6-8-16(19)9-7-15/h2-3,5-10,14,23H,4,11-13H2,1H3,(H,20,21,24). The zero-order chi connectivity index (χ0) is 17.4. The van der Waals surface area contributed by atoms with Gasteiger partial charge in [0.15, 0.2) is 0 Å². The molecule has 1 aromatic carbocycles. The highest BCUT2D eigenvalue weighted by Gasteiger charge is 2.21. The van der Waals surface area contributed by atoms with E-state index in [9.17, 15) is 9.18 Å². The summed E-state index contributed by atoms with van der Waals surface area (Å²) < 4.78 is 13.0. The van der Waals surface area contributed by atoms with Gasteiger partial charge in [-0.25, -0.2) is 9.37 Å². The highest BCUT2D eigenvalue weighted by atomic mass is 19.1. The molecule has 0 bridgehead atoms. The van der Waals surface area contributed by atoms with Crippen LogP contribution in [0.25, 0.3) is 0 Å². The summed E-state index contributed by atoms with van der Waals surface area (Å²) in [7, 11) is 0. The van der Waals surface area contributed by atoms with Crippen LogP contribution in [0.5, 0.6) is 0 Å². The van der Waals surface area contributed by atoms with E-state index in [4.69, 9.17) is 5.11 Å². The van der Waals surface area contributed by atoms with Crippen molar-refractivity contribution in [2.24, 2.45) is 0 Å². The molecule has 24 heavy (non-hydrogen) atoms. The number of carbonyl (C=O) groups is 1. The van der Waals surface area contributed by atoms with E-state index >= 15 is 0 Å². The molecule has 1 unspecified atom stereocenters. The number of aliphatic hydroxyl groups excluding tert-OH is 1. The number of halogens is 1. The van der Waals surface area contributed by atoms with Gasteiger partial charge < -0.3 is 10.4 Å². The van der Waals surface area contributed by atoms with E-state index in [1.807, 2.05) is 4.90 Å². The number of anilines is 1. The van der Waals surface area contributed by atoms with Crippen LogP contribution in [0.2, 0.25) is 0 Å². The Morgan fingerprint density at radius 2 is 2.04 bits per heavy atom. The maximum atomic E-state index is 13.0. The van der Waals surface area contributed by atoms with Crippen molar-refractivity contribution in [3.63, 3.8) is 0 Å². The summed E-state index contributed by atoms with van der Waals surface area (Å²) in [6.07, 6.45) is 2.17. The lowest BCUT2D eigenvalue weighted by Crippen LogP contribution is -2.42. The first-order chi connectivity index (χ1) is 11.6. The maximum Gasteiger partial charge on any atom is 0.242 e. The average Bonchev–Trinajstić information content (AvgIpc) is 2.60. The van der Waals surface area contributed by atoms with Crippen LogP contribution in [0.1, 0.15) is 18.9 Å². The molecule has 128 valence electrons. The number of carbonyl (C=O) groups excluding carboxylic acids is 1. The summed E-state index contributed by atoms with van der Waals surface area (Å²) in [6.45, 7) is 2.91. The Labute approximate surface area is 141 Å². The minimum atomic E-state index is -0.413. The van der Waals surface area contributed by atoms with Gasteiger partial charge in [0, 0.05) is 25.9 Å². The lowest BCUT2D eigenvalue weighted by Gasteiger charge is -2.28. The number of amides is 1. The number of aromatic nitrogens is 1. The first-order valence-corrected chi connectivity index (χ1v) is 7.91. The molecule has 2 aromatic rings. The Morgan fingerprint density at radius 3 is 2.67 bits per heavy atom. The molecule has 1 amide bonds. The summed E-state index contributed by atoms with van der Waals surface area (Å²) in [4.78, 5) is 18.5. The van der Waals surface area contributed by atoms with Crippen molar-refractivity contribution < 1.29 is 14.3 Å². The van der Waals surface area contributed by atoms with E-state index in [-0.39, 0.29) is 18.3 Å². The lowest BCUT2D eigenvalue weighted by atomic mass is 10.1. The van der Waals surface area contributed by atoms with Crippen LogP contribution in [0.4, 0.5) is 10.2 Å². The number of aliphatic hydroxyl groups is 1. The van der Waals surface area contributed by atoms with Crippen molar-refractivity contribution >= 4 is 11.7 Å². The molecule has 0 saturated heterocycles. The van der Waals surface area contributed by atoms with Crippen molar-refractivity contribution in [3.8, 4) is 0 Å². The Kier molecular flexibility index (Phi) is 6.84. The lowest BCUT2D eigenvalue weighted by molar-refractivity contribution is -0.121. The first-order valence-electron chi connectivity index (χ1n) is 7.91. The maximum absolute atomic E-state index is 13.0. The van der Waals surface area contributed by atoms with Gasteiger partial charge in [0.2, 0.25) is 5.91 Å². The average molecular weight is 331 g/mol. The Balaban J connectivity index is 2.04. The third-order valence-electron chi connectivity index (χ3n) is 3.75. The number of benzene rings is 1. The monoisotopic (exact) mass is 331 g/mol. The molecule has 1 heterocycles. The minimum Gasteiger partial charge on any atom is -0.396 e. The number of rotatable bonds is 8. The van der Waals surface area contributed by atoms with Crippen LogP contribution >= 0.6 is 0 Å². The van der Waals surface area contributed by atoms with Crippen LogP contribution in [-0.2, 0) is 11.3 Å². The van der Waals surface area contributed by atoms with E-state index < -0.39 is 6.04 Å². The topological polar surface area (TPSA) is 65.5 Å². The summed E-state index contributed by atoms with van der Waals surface area (Å²) in [5.41, 5.74) is 0.909. The largest absolute Gasteiger partial charge is 0.396 e. The minimum absolute atomic E-state index is 0.0501. The molecule has 0 saturated carbocycles. The molecule has 0 spiro atoms. The van der Waals surface area contributed by atoms with Gasteiger partial charge in [0.05, 0.1) is 6.04 Å². The Bertz CT molecular complexity index is 634. The highest BCUT2D eigenvalue weighted by Crippen LogP contribution is 2.12. The summed E-state index contributed by atoms with van der Waals surface area (Å²) in [5.74, 6) is 0.0357. The number of nitrogens with one attached hydrogen (secondary N) is 1. The number of pyridine rings is 1. The van der Waals surface area contributed by atoms with Gasteiger partial charge in [0.1, 0.15) is 11.6 Å². The second kappa shape index (κ2) is 9.10. The zero-order valence-electron chi connectivity index (χ0n) is 13.7. The van der Waals surface area contributed by atoms with Crippen molar-refractivity contribution in [2.45, 2.75) is 25.9 Å². The smallest absolute Gasteiger partial charge is 0.242 e. The van der Waals surface area contributed by atoms with Crippen LogP contribution in [0.3, 0.4) is 0 Å². The van der Waals surface area contributed by atoms with Gasteiger partial charge >= 0.3 is 0 Å². The second-order valence-electron chi connectivity index (χ2n) is 5.55. The SMILES string of the molecule is CC(C(=O)Nc1ccccn1)N(CCCO)Cc1ccc(F)cc1. The van der Waals surface area contributed by atoms with Crippen LogP contribution in [0.15, 0.2) is 48.7 Å². The van der Waals surface area contributed by atoms with Crippen LogP contribution in [-0.4, -0.2) is 40.1 Å².